The van der Waals surface area contributed by atoms with E-state index in [0.717, 1.165) is 11.3 Å². The minimum absolute atomic E-state index is 0.0700. The number of aliphatic hydroxyl groups excluding tert-OH is 1. The molecule has 1 N–H and O–H groups in total. The standard InChI is InChI=1S/C13H12FNO4S/c1-7-5-9(14)3-4-11(7)19-13-10(15(17)18)6-12(20-13)8(2)16/h3-6,8,16H,1-2H3. The van der Waals surface area contributed by atoms with Crippen molar-refractivity contribution in [2.75, 3.05) is 0 Å². The first-order chi connectivity index (χ1) is 9.38. The molecule has 20 heavy (non-hydrogen) atoms. The van der Waals surface area contributed by atoms with Crippen LogP contribution in [-0.2, 0) is 0 Å². The maximum Gasteiger partial charge on any atom is 0.323 e. The van der Waals surface area contributed by atoms with Crippen LogP contribution in [0.1, 0.15) is 23.5 Å². The molecule has 0 aliphatic heterocycles. The summed E-state index contributed by atoms with van der Waals surface area (Å²) in [5, 5.41) is 20.5. The van der Waals surface area contributed by atoms with Crippen LogP contribution in [0.3, 0.4) is 0 Å². The van der Waals surface area contributed by atoms with Crippen LogP contribution in [0.4, 0.5) is 10.1 Å². The number of thiophene rings is 1. The zero-order valence-corrected chi connectivity index (χ0v) is 11.6. The molecule has 1 aromatic heterocycles. The van der Waals surface area contributed by atoms with Gasteiger partial charge in [-0.2, -0.15) is 0 Å². The molecule has 0 aliphatic carbocycles. The Kier molecular flexibility index (Phi) is 4.01. The summed E-state index contributed by atoms with van der Waals surface area (Å²) in [6.07, 6.45) is -0.814. The fourth-order valence-electron chi connectivity index (χ4n) is 1.62. The molecule has 2 rings (SSSR count). The Balaban J connectivity index is 2.39. The van der Waals surface area contributed by atoms with Crippen molar-refractivity contribution in [3.05, 3.63) is 50.6 Å². The van der Waals surface area contributed by atoms with E-state index in [9.17, 15) is 19.6 Å². The van der Waals surface area contributed by atoms with Crippen molar-refractivity contribution in [1.82, 2.24) is 0 Å². The van der Waals surface area contributed by atoms with Gasteiger partial charge in [0.1, 0.15) is 11.6 Å². The van der Waals surface area contributed by atoms with Gasteiger partial charge >= 0.3 is 5.69 Å². The highest BCUT2D eigenvalue weighted by Crippen LogP contribution is 2.42. The average molecular weight is 297 g/mol. The van der Waals surface area contributed by atoms with E-state index >= 15 is 0 Å². The molecular weight excluding hydrogens is 285 g/mol. The Hall–Kier alpha value is -1.99. The zero-order chi connectivity index (χ0) is 14.9. The predicted octanol–water partition coefficient (Wildman–Crippen LogP) is 3.95. The number of nitro groups is 1. The number of hydrogen-bond acceptors (Lipinski definition) is 5. The molecule has 0 spiro atoms. The highest BCUT2D eigenvalue weighted by molar-refractivity contribution is 7.14. The Morgan fingerprint density at radius 3 is 2.70 bits per heavy atom. The molecule has 7 heteroatoms. The predicted molar refractivity (Wildman–Crippen MR) is 72.8 cm³/mol. The summed E-state index contributed by atoms with van der Waals surface area (Å²) in [5.74, 6) is -0.0614. The lowest BCUT2D eigenvalue weighted by atomic mass is 10.2. The summed E-state index contributed by atoms with van der Waals surface area (Å²) >= 11 is 0.996. The topological polar surface area (TPSA) is 72.6 Å². The molecule has 1 atom stereocenters. The Morgan fingerprint density at radius 2 is 2.15 bits per heavy atom. The molecule has 0 amide bonds. The van der Waals surface area contributed by atoms with Crippen LogP contribution in [0.25, 0.3) is 0 Å². The van der Waals surface area contributed by atoms with Crippen molar-refractivity contribution in [3.63, 3.8) is 0 Å². The molecule has 0 fully saturated rings. The molecule has 1 aromatic carbocycles. The van der Waals surface area contributed by atoms with Crippen LogP contribution in [0.15, 0.2) is 24.3 Å². The number of aryl methyl sites for hydroxylation is 1. The molecule has 0 saturated heterocycles. The van der Waals surface area contributed by atoms with Crippen LogP contribution >= 0.6 is 11.3 Å². The summed E-state index contributed by atoms with van der Waals surface area (Å²) < 4.78 is 18.5. The van der Waals surface area contributed by atoms with Gasteiger partial charge in [-0.3, -0.25) is 10.1 Å². The molecule has 0 aliphatic rings. The summed E-state index contributed by atoms with van der Waals surface area (Å²) in [5.41, 5.74) is 0.320. The maximum atomic E-state index is 13.0. The second-order valence-electron chi connectivity index (χ2n) is 4.27. The first kappa shape index (κ1) is 14.4. The van der Waals surface area contributed by atoms with Gasteiger partial charge in [0.05, 0.1) is 11.0 Å². The third-order valence-electron chi connectivity index (χ3n) is 2.65. The van der Waals surface area contributed by atoms with Crippen molar-refractivity contribution in [2.45, 2.75) is 20.0 Å². The number of ether oxygens (including phenoxy) is 1. The van der Waals surface area contributed by atoms with E-state index in [-0.39, 0.29) is 10.8 Å². The largest absolute Gasteiger partial charge is 0.440 e. The minimum atomic E-state index is -0.814. The lowest BCUT2D eigenvalue weighted by Gasteiger charge is -2.06. The third kappa shape index (κ3) is 2.94. The number of hydrogen-bond donors (Lipinski definition) is 1. The Labute approximate surface area is 118 Å². The maximum absolute atomic E-state index is 13.0. The number of benzene rings is 1. The normalized spacial score (nSPS) is 12.2. The van der Waals surface area contributed by atoms with E-state index in [0.29, 0.717) is 16.2 Å². The van der Waals surface area contributed by atoms with E-state index < -0.39 is 16.8 Å². The van der Waals surface area contributed by atoms with Crippen molar-refractivity contribution in [2.24, 2.45) is 0 Å². The van der Waals surface area contributed by atoms with Crippen molar-refractivity contribution in [3.8, 4) is 10.8 Å². The lowest BCUT2D eigenvalue weighted by molar-refractivity contribution is -0.385. The minimum Gasteiger partial charge on any atom is -0.440 e. The lowest BCUT2D eigenvalue weighted by Crippen LogP contribution is -1.91. The summed E-state index contributed by atoms with van der Waals surface area (Å²) in [7, 11) is 0. The van der Waals surface area contributed by atoms with Gasteiger partial charge in [-0.05, 0) is 37.6 Å². The van der Waals surface area contributed by atoms with Crippen molar-refractivity contribution >= 4 is 17.0 Å². The molecule has 1 heterocycles. The first-order valence-corrected chi connectivity index (χ1v) is 6.60. The molecule has 5 nitrogen and oxygen atoms in total. The van der Waals surface area contributed by atoms with Crippen LogP contribution < -0.4 is 4.74 Å². The van der Waals surface area contributed by atoms with Crippen molar-refractivity contribution in [1.29, 1.82) is 0 Å². The van der Waals surface area contributed by atoms with Gasteiger partial charge in [0.2, 0.25) is 0 Å². The van der Waals surface area contributed by atoms with Crippen LogP contribution in [0.5, 0.6) is 10.8 Å². The van der Waals surface area contributed by atoms with Crippen molar-refractivity contribution < 1.29 is 19.2 Å². The van der Waals surface area contributed by atoms with E-state index in [1.165, 1.54) is 31.2 Å². The Bertz CT molecular complexity index is 654. The fourth-order valence-corrected chi connectivity index (χ4v) is 2.54. The SMILES string of the molecule is Cc1cc(F)ccc1Oc1sc(C(C)O)cc1[N+](=O)[O-]. The van der Waals surface area contributed by atoms with Gasteiger partial charge in [-0.25, -0.2) is 4.39 Å². The average Bonchev–Trinajstić information content (AvgIpc) is 2.77. The molecule has 2 aromatic rings. The highest BCUT2D eigenvalue weighted by atomic mass is 32.1. The number of halogens is 1. The number of rotatable bonds is 4. The summed E-state index contributed by atoms with van der Waals surface area (Å²) in [6, 6.07) is 5.20. The molecule has 1 unspecified atom stereocenters. The number of aliphatic hydroxyl groups is 1. The second kappa shape index (κ2) is 5.56. The molecule has 0 radical (unpaired) electrons. The van der Waals surface area contributed by atoms with Gasteiger partial charge in [-0.1, -0.05) is 11.3 Å². The first-order valence-electron chi connectivity index (χ1n) is 5.78. The monoisotopic (exact) mass is 297 g/mol. The van der Waals surface area contributed by atoms with Crippen LogP contribution in [0, 0.1) is 22.9 Å². The quantitative estimate of drug-likeness (QED) is 0.685. The van der Waals surface area contributed by atoms with E-state index in [1.807, 2.05) is 0 Å². The molecule has 0 bridgehead atoms. The van der Waals surface area contributed by atoms with Gasteiger partial charge in [-0.15, -0.1) is 0 Å². The Morgan fingerprint density at radius 1 is 1.45 bits per heavy atom. The smallest absolute Gasteiger partial charge is 0.323 e. The third-order valence-corrected chi connectivity index (χ3v) is 3.82. The van der Waals surface area contributed by atoms with Crippen LogP contribution in [-0.4, -0.2) is 10.0 Å². The summed E-state index contributed by atoms with van der Waals surface area (Å²) in [6.45, 7) is 3.16. The molecule has 0 saturated carbocycles. The van der Waals surface area contributed by atoms with E-state index in [1.54, 1.807) is 6.92 Å². The van der Waals surface area contributed by atoms with E-state index in [2.05, 4.69) is 0 Å². The van der Waals surface area contributed by atoms with Gasteiger partial charge in [0.15, 0.2) is 0 Å². The van der Waals surface area contributed by atoms with Gasteiger partial charge < -0.3 is 9.84 Å². The fraction of sp³-hybridized carbons (Fsp3) is 0.231. The van der Waals surface area contributed by atoms with Gasteiger partial charge in [0, 0.05) is 10.9 Å². The zero-order valence-electron chi connectivity index (χ0n) is 10.8. The second-order valence-corrected chi connectivity index (χ2v) is 5.31. The summed E-state index contributed by atoms with van der Waals surface area (Å²) in [4.78, 5) is 10.8. The molecular formula is C13H12FNO4S. The van der Waals surface area contributed by atoms with E-state index in [4.69, 9.17) is 4.74 Å². The van der Waals surface area contributed by atoms with Gasteiger partial charge in [0.25, 0.3) is 5.06 Å². The number of nitrogens with zero attached hydrogens (tertiary/aromatic N) is 1. The highest BCUT2D eigenvalue weighted by Gasteiger charge is 2.23. The van der Waals surface area contributed by atoms with Crippen LogP contribution in [0.2, 0.25) is 0 Å². The molecule has 106 valence electrons.